The number of rotatable bonds is 3. The number of benzene rings is 3. The van der Waals surface area contributed by atoms with E-state index in [9.17, 15) is 0 Å². The fourth-order valence-corrected chi connectivity index (χ4v) is 3.60. The zero-order valence-electron chi connectivity index (χ0n) is 15.5. The van der Waals surface area contributed by atoms with E-state index >= 15 is 0 Å². The Morgan fingerprint density at radius 2 is 1.36 bits per heavy atom. The number of hydrogen-bond acceptors (Lipinski definition) is 3. The van der Waals surface area contributed by atoms with Crippen LogP contribution in [0.1, 0.15) is 0 Å². The molecule has 0 N–H and O–H groups in total. The van der Waals surface area contributed by atoms with Crippen molar-refractivity contribution in [3.8, 4) is 28.4 Å². The van der Waals surface area contributed by atoms with Crippen molar-refractivity contribution in [3.05, 3.63) is 91.1 Å². The van der Waals surface area contributed by atoms with E-state index in [1.54, 1.807) is 7.11 Å². The maximum absolute atomic E-state index is 5.29. The molecule has 0 saturated carbocycles. The van der Waals surface area contributed by atoms with Gasteiger partial charge in [-0.1, -0.05) is 48.5 Å². The number of hydrogen-bond donors (Lipinski definition) is 0. The molecule has 0 aliphatic carbocycles. The van der Waals surface area contributed by atoms with Gasteiger partial charge in [-0.3, -0.25) is 4.98 Å². The molecule has 0 bridgehead atoms. The minimum atomic E-state index is 0.834. The van der Waals surface area contributed by atoms with Crippen molar-refractivity contribution < 1.29 is 4.74 Å². The van der Waals surface area contributed by atoms with Gasteiger partial charge in [-0.05, 0) is 47.2 Å². The first-order valence-corrected chi connectivity index (χ1v) is 9.22. The lowest BCUT2D eigenvalue weighted by Crippen LogP contribution is -1.94. The monoisotopic (exact) mass is 362 g/mol. The highest BCUT2D eigenvalue weighted by Gasteiger charge is 2.13. The molecule has 5 rings (SSSR count). The molecule has 0 spiro atoms. The van der Waals surface area contributed by atoms with E-state index in [1.807, 2.05) is 54.7 Å². The van der Waals surface area contributed by atoms with Crippen molar-refractivity contribution in [1.29, 1.82) is 0 Å². The first kappa shape index (κ1) is 16.5. The van der Waals surface area contributed by atoms with Crippen LogP contribution in [0, 0.1) is 0 Å². The van der Waals surface area contributed by atoms with Crippen LogP contribution < -0.4 is 4.74 Å². The smallest absolute Gasteiger partial charge is 0.118 e. The normalized spacial score (nSPS) is 11.0. The summed E-state index contributed by atoms with van der Waals surface area (Å²) in [4.78, 5) is 9.75. The highest BCUT2D eigenvalue weighted by atomic mass is 16.5. The number of nitrogens with zero attached hydrogens (tertiary/aromatic N) is 2. The lowest BCUT2D eigenvalue weighted by Gasteiger charge is -2.12. The van der Waals surface area contributed by atoms with Crippen molar-refractivity contribution in [2.75, 3.05) is 7.11 Å². The summed E-state index contributed by atoms with van der Waals surface area (Å²) in [6, 6.07) is 28.8. The van der Waals surface area contributed by atoms with Crippen LogP contribution in [0.3, 0.4) is 0 Å². The van der Waals surface area contributed by atoms with Crippen LogP contribution in [0.15, 0.2) is 91.1 Å². The molecule has 2 aromatic heterocycles. The molecule has 28 heavy (non-hydrogen) atoms. The van der Waals surface area contributed by atoms with Crippen molar-refractivity contribution in [3.63, 3.8) is 0 Å². The molecule has 2 heterocycles. The first-order valence-electron chi connectivity index (χ1n) is 9.22. The summed E-state index contributed by atoms with van der Waals surface area (Å²) in [5.74, 6) is 0.834. The minimum Gasteiger partial charge on any atom is -0.497 e. The van der Waals surface area contributed by atoms with Crippen molar-refractivity contribution >= 4 is 21.5 Å². The zero-order valence-corrected chi connectivity index (χ0v) is 15.5. The van der Waals surface area contributed by atoms with E-state index in [4.69, 9.17) is 14.7 Å². The maximum atomic E-state index is 5.29. The highest BCUT2D eigenvalue weighted by Crippen LogP contribution is 2.33. The summed E-state index contributed by atoms with van der Waals surface area (Å²) in [5, 5.41) is 4.51. The molecular weight excluding hydrogens is 344 g/mol. The standard InChI is InChI=1S/C25H18N2O/c1-28-20-12-10-18(11-13-20)23-16-19-7-3-5-9-22(19)25(27-23)24-21-8-4-2-6-17(21)14-15-26-24/h2-16H,1H3. The second-order valence-electron chi connectivity index (χ2n) is 6.69. The zero-order chi connectivity index (χ0) is 18.9. The third-order valence-corrected chi connectivity index (χ3v) is 5.02. The third kappa shape index (κ3) is 2.78. The van der Waals surface area contributed by atoms with Crippen LogP contribution in [0.4, 0.5) is 0 Å². The highest BCUT2D eigenvalue weighted by molar-refractivity contribution is 6.03. The van der Waals surface area contributed by atoms with E-state index in [2.05, 4.69) is 36.4 Å². The Balaban J connectivity index is 1.80. The number of fused-ring (bicyclic) bond motifs is 2. The Bertz CT molecular complexity index is 1290. The molecule has 5 aromatic rings. The van der Waals surface area contributed by atoms with Crippen molar-refractivity contribution in [2.24, 2.45) is 0 Å². The Kier molecular flexibility index (Phi) is 3.99. The van der Waals surface area contributed by atoms with Gasteiger partial charge in [0.05, 0.1) is 24.2 Å². The fraction of sp³-hybridized carbons (Fsp3) is 0.0400. The second kappa shape index (κ2) is 6.78. The summed E-state index contributed by atoms with van der Waals surface area (Å²) < 4.78 is 5.29. The Morgan fingerprint density at radius 3 is 2.11 bits per heavy atom. The number of aromatic nitrogens is 2. The molecule has 0 atom stereocenters. The summed E-state index contributed by atoms with van der Waals surface area (Å²) in [5.41, 5.74) is 3.78. The predicted octanol–water partition coefficient (Wildman–Crippen LogP) is 6.13. The first-order chi connectivity index (χ1) is 13.8. The van der Waals surface area contributed by atoms with Crippen LogP contribution in [-0.2, 0) is 0 Å². The van der Waals surface area contributed by atoms with Gasteiger partial charge in [-0.25, -0.2) is 4.98 Å². The molecule has 0 fully saturated rings. The van der Waals surface area contributed by atoms with Gasteiger partial charge in [0.25, 0.3) is 0 Å². The molecule has 0 unspecified atom stereocenters. The predicted molar refractivity (Wildman–Crippen MR) is 114 cm³/mol. The third-order valence-electron chi connectivity index (χ3n) is 5.02. The van der Waals surface area contributed by atoms with Gasteiger partial charge in [0, 0.05) is 22.5 Å². The van der Waals surface area contributed by atoms with E-state index in [1.165, 1.54) is 0 Å². The van der Waals surface area contributed by atoms with E-state index in [0.717, 1.165) is 49.9 Å². The second-order valence-corrected chi connectivity index (χ2v) is 6.69. The quantitative estimate of drug-likeness (QED) is 0.387. The maximum Gasteiger partial charge on any atom is 0.118 e. The molecule has 3 aromatic carbocycles. The summed E-state index contributed by atoms with van der Waals surface area (Å²) >= 11 is 0. The van der Waals surface area contributed by atoms with Crippen LogP contribution in [-0.4, -0.2) is 17.1 Å². The number of methoxy groups -OCH3 is 1. The Labute approximate surface area is 163 Å². The number of pyridine rings is 2. The van der Waals surface area contributed by atoms with Crippen molar-refractivity contribution in [1.82, 2.24) is 9.97 Å². The van der Waals surface area contributed by atoms with E-state index in [0.29, 0.717) is 0 Å². The lowest BCUT2D eigenvalue weighted by atomic mass is 10.0. The van der Waals surface area contributed by atoms with Crippen LogP contribution in [0.2, 0.25) is 0 Å². The summed E-state index contributed by atoms with van der Waals surface area (Å²) in [6.07, 6.45) is 1.86. The number of ether oxygens (including phenoxy) is 1. The molecule has 0 radical (unpaired) electrons. The molecular formula is C25H18N2O. The van der Waals surface area contributed by atoms with Gasteiger partial charge in [0.2, 0.25) is 0 Å². The van der Waals surface area contributed by atoms with E-state index < -0.39 is 0 Å². The molecule has 3 nitrogen and oxygen atoms in total. The largest absolute Gasteiger partial charge is 0.497 e. The SMILES string of the molecule is COc1ccc(-c2cc3ccccc3c(-c3nccc4ccccc34)n2)cc1. The van der Waals surface area contributed by atoms with Gasteiger partial charge in [0.15, 0.2) is 0 Å². The van der Waals surface area contributed by atoms with Gasteiger partial charge in [-0.2, -0.15) is 0 Å². The van der Waals surface area contributed by atoms with Crippen molar-refractivity contribution in [2.45, 2.75) is 0 Å². The minimum absolute atomic E-state index is 0.834. The molecule has 134 valence electrons. The van der Waals surface area contributed by atoms with Gasteiger partial charge in [-0.15, -0.1) is 0 Å². The average molecular weight is 362 g/mol. The summed E-state index contributed by atoms with van der Waals surface area (Å²) in [6.45, 7) is 0. The lowest BCUT2D eigenvalue weighted by molar-refractivity contribution is 0.415. The van der Waals surface area contributed by atoms with Gasteiger partial charge in [0.1, 0.15) is 5.75 Å². The molecule has 0 amide bonds. The van der Waals surface area contributed by atoms with Crippen LogP contribution in [0.25, 0.3) is 44.2 Å². The molecule has 0 saturated heterocycles. The van der Waals surface area contributed by atoms with Crippen LogP contribution in [0.5, 0.6) is 5.75 Å². The van der Waals surface area contributed by atoms with E-state index in [-0.39, 0.29) is 0 Å². The Hall–Kier alpha value is -3.72. The fourth-order valence-electron chi connectivity index (χ4n) is 3.60. The molecule has 0 aliphatic heterocycles. The topological polar surface area (TPSA) is 35.0 Å². The summed E-state index contributed by atoms with van der Waals surface area (Å²) in [7, 11) is 1.67. The van der Waals surface area contributed by atoms with Gasteiger partial charge >= 0.3 is 0 Å². The average Bonchev–Trinajstić information content (AvgIpc) is 2.78. The van der Waals surface area contributed by atoms with Crippen LogP contribution >= 0.6 is 0 Å². The Morgan fingerprint density at radius 1 is 0.679 bits per heavy atom. The van der Waals surface area contributed by atoms with Gasteiger partial charge < -0.3 is 4.74 Å². The molecule has 3 heteroatoms. The molecule has 0 aliphatic rings.